The van der Waals surface area contributed by atoms with Crippen LogP contribution in [-0.4, -0.2) is 17.2 Å². The van der Waals surface area contributed by atoms with E-state index in [0.29, 0.717) is 0 Å². The van der Waals surface area contributed by atoms with E-state index in [1.165, 1.54) is 81.2 Å². The standard InChI is InChI=1S/C54H38N2Si/c1-5-20-39(21-6-1)40-22-17-23-41(38-40)55-49-34-16-14-31-47(49)53-50(55)35-19-36-51(53)56-48-33-15-13-30-45(48)46-32-18-37-52(54(46)56)57(42-24-7-2-8-25-42,43-26-9-3-10-27-43)44-28-11-4-12-29-44/h1-38H. The van der Waals surface area contributed by atoms with Crippen LogP contribution in [-0.2, 0) is 0 Å². The van der Waals surface area contributed by atoms with Crippen LogP contribution >= 0.6 is 0 Å². The Morgan fingerprint density at radius 3 is 1.44 bits per heavy atom. The molecule has 0 bridgehead atoms. The Balaban J connectivity index is 1.29. The first kappa shape index (κ1) is 33.2. The lowest BCUT2D eigenvalue weighted by atomic mass is 10.1. The van der Waals surface area contributed by atoms with Crippen LogP contribution in [0.4, 0.5) is 0 Å². The number of aromatic nitrogens is 2. The van der Waals surface area contributed by atoms with Gasteiger partial charge < -0.3 is 9.13 Å². The Kier molecular flexibility index (Phi) is 7.87. The quantitative estimate of drug-likeness (QED) is 0.114. The molecule has 3 heteroatoms. The van der Waals surface area contributed by atoms with E-state index < -0.39 is 8.07 Å². The van der Waals surface area contributed by atoms with Gasteiger partial charge >= 0.3 is 0 Å². The Morgan fingerprint density at radius 2 is 0.789 bits per heavy atom. The van der Waals surface area contributed by atoms with Gasteiger partial charge in [-0.05, 0) is 68.3 Å². The van der Waals surface area contributed by atoms with Crippen molar-refractivity contribution in [3.05, 3.63) is 231 Å². The summed E-state index contributed by atoms with van der Waals surface area (Å²) in [5.41, 5.74) is 9.56. The van der Waals surface area contributed by atoms with Gasteiger partial charge in [-0.3, -0.25) is 0 Å². The maximum absolute atomic E-state index is 2.92. The van der Waals surface area contributed by atoms with Crippen LogP contribution in [0.25, 0.3) is 66.1 Å². The number of hydrogen-bond donors (Lipinski definition) is 0. The number of benzene rings is 9. The fraction of sp³-hybridized carbons (Fsp3) is 0. The highest BCUT2D eigenvalue weighted by Crippen LogP contribution is 2.40. The van der Waals surface area contributed by atoms with Gasteiger partial charge in [0.15, 0.2) is 8.07 Å². The third-order valence-corrected chi connectivity index (χ3v) is 16.7. The summed E-state index contributed by atoms with van der Waals surface area (Å²) in [5.74, 6) is 0. The summed E-state index contributed by atoms with van der Waals surface area (Å²) < 4.78 is 5.04. The van der Waals surface area contributed by atoms with Gasteiger partial charge in [0.05, 0.1) is 27.8 Å². The number of fused-ring (bicyclic) bond motifs is 6. The smallest absolute Gasteiger partial charge is 0.181 e. The van der Waals surface area contributed by atoms with E-state index in [2.05, 4.69) is 240 Å². The van der Waals surface area contributed by atoms with Gasteiger partial charge in [-0.1, -0.05) is 194 Å². The fourth-order valence-electron chi connectivity index (χ4n) is 9.52. The van der Waals surface area contributed by atoms with Crippen molar-refractivity contribution < 1.29 is 0 Å². The molecular weight excluding hydrogens is 705 g/mol. The average Bonchev–Trinajstić information content (AvgIpc) is 3.82. The second-order valence-electron chi connectivity index (χ2n) is 14.8. The van der Waals surface area contributed by atoms with Crippen molar-refractivity contribution in [3.63, 3.8) is 0 Å². The summed E-state index contributed by atoms with van der Waals surface area (Å²) in [7, 11) is -2.92. The van der Waals surface area contributed by atoms with Crippen molar-refractivity contribution in [2.45, 2.75) is 0 Å². The highest BCUT2D eigenvalue weighted by Gasteiger charge is 2.43. The summed E-state index contributed by atoms with van der Waals surface area (Å²) >= 11 is 0. The normalized spacial score (nSPS) is 11.9. The predicted molar refractivity (Wildman–Crippen MR) is 244 cm³/mol. The van der Waals surface area contributed by atoms with Crippen molar-refractivity contribution >= 4 is 72.4 Å². The van der Waals surface area contributed by atoms with Crippen LogP contribution in [0.2, 0.25) is 0 Å². The summed E-state index contributed by atoms with van der Waals surface area (Å²) in [6.45, 7) is 0. The van der Waals surface area contributed by atoms with Crippen molar-refractivity contribution in [3.8, 4) is 22.5 Å². The van der Waals surface area contributed by atoms with Crippen molar-refractivity contribution in [2.24, 2.45) is 0 Å². The van der Waals surface area contributed by atoms with Crippen LogP contribution in [0.1, 0.15) is 0 Å². The van der Waals surface area contributed by atoms with Gasteiger partial charge in [-0.15, -0.1) is 0 Å². The molecule has 0 fully saturated rings. The van der Waals surface area contributed by atoms with Crippen LogP contribution < -0.4 is 20.7 Å². The predicted octanol–water partition coefficient (Wildman–Crippen LogP) is 10.9. The van der Waals surface area contributed by atoms with E-state index >= 15 is 0 Å². The van der Waals surface area contributed by atoms with Crippen molar-refractivity contribution in [1.82, 2.24) is 9.13 Å². The summed E-state index contributed by atoms with van der Waals surface area (Å²) in [4.78, 5) is 0. The number of para-hydroxylation sites is 3. The van der Waals surface area contributed by atoms with Gasteiger partial charge in [0.25, 0.3) is 0 Å². The molecule has 0 saturated carbocycles. The van der Waals surface area contributed by atoms with E-state index in [1.54, 1.807) is 0 Å². The largest absolute Gasteiger partial charge is 0.309 e. The molecule has 0 atom stereocenters. The van der Waals surface area contributed by atoms with E-state index in [-0.39, 0.29) is 0 Å². The van der Waals surface area contributed by atoms with Gasteiger partial charge in [0, 0.05) is 27.2 Å². The van der Waals surface area contributed by atoms with Crippen LogP contribution in [0.3, 0.4) is 0 Å². The van der Waals surface area contributed by atoms with E-state index in [4.69, 9.17) is 0 Å². The molecule has 0 amide bonds. The Hall–Kier alpha value is -7.20. The summed E-state index contributed by atoms with van der Waals surface area (Å²) in [5, 5.41) is 10.4. The van der Waals surface area contributed by atoms with Crippen LogP contribution in [0.15, 0.2) is 231 Å². The van der Waals surface area contributed by atoms with Crippen LogP contribution in [0.5, 0.6) is 0 Å². The van der Waals surface area contributed by atoms with Gasteiger partial charge in [-0.2, -0.15) is 0 Å². The molecule has 268 valence electrons. The Bertz CT molecular complexity index is 3120. The maximum Gasteiger partial charge on any atom is 0.181 e. The molecule has 11 rings (SSSR count). The topological polar surface area (TPSA) is 9.86 Å². The lowest BCUT2D eigenvalue weighted by Gasteiger charge is -2.35. The molecule has 0 spiro atoms. The molecule has 9 aromatic carbocycles. The average molecular weight is 743 g/mol. The lowest BCUT2D eigenvalue weighted by molar-refractivity contribution is 1.17. The molecule has 57 heavy (non-hydrogen) atoms. The van der Waals surface area contributed by atoms with E-state index in [0.717, 1.165) is 5.69 Å². The molecule has 0 aliphatic heterocycles. The molecule has 2 nitrogen and oxygen atoms in total. The lowest BCUT2D eigenvalue weighted by Crippen LogP contribution is -2.75. The minimum atomic E-state index is -2.92. The summed E-state index contributed by atoms with van der Waals surface area (Å²) in [6.07, 6.45) is 0. The first-order valence-corrected chi connectivity index (χ1v) is 21.7. The van der Waals surface area contributed by atoms with Crippen molar-refractivity contribution in [2.75, 3.05) is 0 Å². The third kappa shape index (κ3) is 5.10. The van der Waals surface area contributed by atoms with Gasteiger partial charge in [0.2, 0.25) is 0 Å². The Labute approximate surface area is 333 Å². The molecule has 2 aromatic heterocycles. The monoisotopic (exact) mass is 742 g/mol. The number of nitrogens with zero attached hydrogens (tertiary/aromatic N) is 2. The second-order valence-corrected chi connectivity index (χ2v) is 18.6. The minimum Gasteiger partial charge on any atom is -0.309 e. The molecule has 0 aliphatic rings. The molecule has 0 unspecified atom stereocenters. The third-order valence-electron chi connectivity index (χ3n) is 11.8. The minimum absolute atomic E-state index is 1.14. The SMILES string of the molecule is c1ccc(-c2cccc(-n3c4ccccc4c4c(-n5c6ccccc6c6cccc([Si](c7ccccc7)(c7ccccc7)c7ccccc7)c65)cccc43)c2)cc1. The van der Waals surface area contributed by atoms with E-state index in [1.807, 2.05) is 0 Å². The Morgan fingerprint density at radius 1 is 0.316 bits per heavy atom. The van der Waals surface area contributed by atoms with E-state index in [9.17, 15) is 0 Å². The molecule has 0 aliphatic carbocycles. The second kappa shape index (κ2) is 13.5. The first-order valence-electron chi connectivity index (χ1n) is 19.7. The van der Waals surface area contributed by atoms with Crippen molar-refractivity contribution in [1.29, 1.82) is 0 Å². The van der Waals surface area contributed by atoms with Gasteiger partial charge in [0.1, 0.15) is 0 Å². The highest BCUT2D eigenvalue weighted by molar-refractivity contribution is 7.20. The number of hydrogen-bond acceptors (Lipinski definition) is 0. The van der Waals surface area contributed by atoms with Gasteiger partial charge in [-0.25, -0.2) is 0 Å². The number of rotatable bonds is 7. The highest BCUT2D eigenvalue weighted by atomic mass is 28.3. The summed E-state index contributed by atoms with van der Waals surface area (Å²) in [6, 6.07) is 85.2. The fourth-order valence-corrected chi connectivity index (χ4v) is 14.5. The molecular formula is C54H38N2Si. The molecule has 0 N–H and O–H groups in total. The molecule has 0 saturated heterocycles. The molecule has 0 radical (unpaired) electrons. The molecule has 11 aromatic rings. The molecule has 2 heterocycles. The van der Waals surface area contributed by atoms with Crippen LogP contribution in [0, 0.1) is 0 Å². The zero-order chi connectivity index (χ0) is 37.8. The first-order chi connectivity index (χ1) is 28.3. The maximum atomic E-state index is 2.59. The zero-order valence-electron chi connectivity index (χ0n) is 31.3. The zero-order valence-corrected chi connectivity index (χ0v) is 32.3.